The molecular weight excluding hydrogens is 386 g/mol. The van der Waals surface area contributed by atoms with E-state index < -0.39 is 23.5 Å². The number of hydrogen-bond donors (Lipinski definition) is 1. The smallest absolute Gasteiger partial charge is 0.369 e. The molecule has 0 bridgehead atoms. The first-order chi connectivity index (χ1) is 12.7. The van der Waals surface area contributed by atoms with Crippen molar-refractivity contribution in [3.63, 3.8) is 0 Å². The molecule has 0 fully saturated rings. The third kappa shape index (κ3) is 3.65. The predicted molar refractivity (Wildman–Crippen MR) is 92.1 cm³/mol. The van der Waals surface area contributed by atoms with Crippen LogP contribution in [0.1, 0.15) is 46.8 Å². The van der Waals surface area contributed by atoms with E-state index in [9.17, 15) is 36.2 Å². The van der Waals surface area contributed by atoms with Gasteiger partial charge in [-0.05, 0) is 41.2 Å². The van der Waals surface area contributed by atoms with Crippen LogP contribution in [0.2, 0.25) is 0 Å². The topological polar surface area (TPSA) is 37.3 Å². The van der Waals surface area contributed by atoms with Crippen molar-refractivity contribution >= 4 is 6.29 Å². The SMILES string of the molecule is Cc1cc(C(O)(C(F)(F)F)C(F)(F)F)ccc1-c1ccc(C=O)cc1C(C)C. The number of carbonyl (C=O) groups excluding carboxylic acids is 1. The molecule has 0 heterocycles. The van der Waals surface area contributed by atoms with E-state index in [1.54, 1.807) is 12.1 Å². The first-order valence-corrected chi connectivity index (χ1v) is 8.30. The van der Waals surface area contributed by atoms with E-state index in [0.29, 0.717) is 35.1 Å². The summed E-state index contributed by atoms with van der Waals surface area (Å²) in [6, 6.07) is 7.18. The van der Waals surface area contributed by atoms with Crippen molar-refractivity contribution < 1.29 is 36.2 Å². The third-order valence-corrected chi connectivity index (χ3v) is 4.59. The van der Waals surface area contributed by atoms with E-state index in [1.165, 1.54) is 13.0 Å². The maximum Gasteiger partial charge on any atom is 0.430 e. The van der Waals surface area contributed by atoms with Gasteiger partial charge < -0.3 is 5.11 Å². The minimum absolute atomic E-state index is 0.0451. The maximum atomic E-state index is 13.1. The number of rotatable bonds is 4. The third-order valence-electron chi connectivity index (χ3n) is 4.59. The Hall–Kier alpha value is -2.35. The number of aldehydes is 1. The molecule has 0 aliphatic rings. The zero-order valence-electron chi connectivity index (χ0n) is 15.2. The van der Waals surface area contributed by atoms with Gasteiger partial charge in [0.25, 0.3) is 5.60 Å². The van der Waals surface area contributed by atoms with Crippen molar-refractivity contribution in [2.24, 2.45) is 0 Å². The summed E-state index contributed by atoms with van der Waals surface area (Å²) in [6.07, 6.45) is -11.2. The molecule has 0 saturated heterocycles. The molecule has 0 radical (unpaired) electrons. The molecule has 0 saturated carbocycles. The molecule has 0 unspecified atom stereocenters. The fraction of sp³-hybridized carbons (Fsp3) is 0.350. The van der Waals surface area contributed by atoms with Crippen LogP contribution < -0.4 is 0 Å². The van der Waals surface area contributed by atoms with Gasteiger partial charge in [0.15, 0.2) is 0 Å². The highest BCUT2D eigenvalue weighted by molar-refractivity contribution is 5.80. The van der Waals surface area contributed by atoms with Crippen molar-refractivity contribution in [3.8, 4) is 11.1 Å². The highest BCUT2D eigenvalue weighted by Crippen LogP contribution is 2.50. The van der Waals surface area contributed by atoms with Crippen LogP contribution in [0.5, 0.6) is 0 Å². The average Bonchev–Trinajstić information content (AvgIpc) is 2.58. The largest absolute Gasteiger partial charge is 0.430 e. The highest BCUT2D eigenvalue weighted by atomic mass is 19.4. The Bertz CT molecular complexity index is 867. The summed E-state index contributed by atoms with van der Waals surface area (Å²) in [5.41, 5.74) is -4.00. The lowest BCUT2D eigenvalue weighted by molar-refractivity contribution is -0.376. The molecule has 2 aromatic rings. The van der Waals surface area contributed by atoms with Crippen molar-refractivity contribution in [3.05, 3.63) is 58.7 Å². The van der Waals surface area contributed by atoms with Crippen molar-refractivity contribution in [1.29, 1.82) is 0 Å². The number of alkyl halides is 6. The summed E-state index contributed by atoms with van der Waals surface area (Å²) in [5.74, 6) is -0.0451. The van der Waals surface area contributed by atoms with Gasteiger partial charge in [-0.2, -0.15) is 26.3 Å². The number of halogens is 6. The zero-order valence-corrected chi connectivity index (χ0v) is 15.2. The lowest BCUT2D eigenvalue weighted by Crippen LogP contribution is -2.53. The van der Waals surface area contributed by atoms with Gasteiger partial charge in [0, 0.05) is 11.1 Å². The van der Waals surface area contributed by atoms with Crippen LogP contribution in [0.25, 0.3) is 11.1 Å². The Balaban J connectivity index is 2.68. The Morgan fingerprint density at radius 1 is 0.893 bits per heavy atom. The fourth-order valence-electron chi connectivity index (χ4n) is 3.06. The molecule has 0 atom stereocenters. The molecule has 0 aliphatic carbocycles. The molecule has 152 valence electrons. The van der Waals surface area contributed by atoms with Crippen molar-refractivity contribution in [1.82, 2.24) is 0 Å². The van der Waals surface area contributed by atoms with Crippen LogP contribution in [0.4, 0.5) is 26.3 Å². The molecule has 28 heavy (non-hydrogen) atoms. The van der Waals surface area contributed by atoms with E-state index in [1.807, 2.05) is 13.8 Å². The Labute approximate surface area is 157 Å². The van der Waals surface area contributed by atoms with E-state index in [4.69, 9.17) is 0 Å². The normalized spacial score (nSPS) is 13.1. The summed E-state index contributed by atoms with van der Waals surface area (Å²) < 4.78 is 78.5. The second-order valence-electron chi connectivity index (χ2n) is 6.85. The highest BCUT2D eigenvalue weighted by Gasteiger charge is 2.71. The van der Waals surface area contributed by atoms with Crippen molar-refractivity contribution in [2.45, 2.75) is 44.6 Å². The Morgan fingerprint density at radius 2 is 1.43 bits per heavy atom. The first kappa shape index (κ1) is 21.9. The molecular formula is C20H18F6O2. The van der Waals surface area contributed by atoms with Gasteiger partial charge in [0.1, 0.15) is 6.29 Å². The molecule has 0 aliphatic heterocycles. The van der Waals surface area contributed by atoms with Gasteiger partial charge in [0.2, 0.25) is 0 Å². The molecule has 0 aromatic heterocycles. The van der Waals surface area contributed by atoms with Gasteiger partial charge in [-0.3, -0.25) is 4.79 Å². The monoisotopic (exact) mass is 404 g/mol. The van der Waals surface area contributed by atoms with Crippen LogP contribution >= 0.6 is 0 Å². The fourth-order valence-corrected chi connectivity index (χ4v) is 3.06. The summed E-state index contributed by atoms with van der Waals surface area (Å²) in [6.45, 7) is 5.07. The molecule has 0 amide bonds. The van der Waals surface area contributed by atoms with Gasteiger partial charge in [-0.25, -0.2) is 0 Å². The Kier molecular flexibility index (Phi) is 5.67. The van der Waals surface area contributed by atoms with E-state index in [-0.39, 0.29) is 11.5 Å². The predicted octanol–water partition coefficient (Wildman–Crippen LogP) is 5.91. The molecule has 1 N–H and O–H groups in total. The van der Waals surface area contributed by atoms with Gasteiger partial charge in [0.05, 0.1) is 0 Å². The lowest BCUT2D eigenvalue weighted by Gasteiger charge is -2.33. The minimum atomic E-state index is -5.94. The average molecular weight is 404 g/mol. The van der Waals surface area contributed by atoms with Gasteiger partial charge in [-0.15, -0.1) is 0 Å². The van der Waals surface area contributed by atoms with Crippen molar-refractivity contribution in [2.75, 3.05) is 0 Å². The molecule has 2 aromatic carbocycles. The second kappa shape index (κ2) is 7.24. The van der Waals surface area contributed by atoms with Crippen LogP contribution in [-0.2, 0) is 5.60 Å². The number of aliphatic hydroxyl groups is 1. The summed E-state index contributed by atoms with van der Waals surface area (Å²) in [4.78, 5) is 11.0. The lowest BCUT2D eigenvalue weighted by atomic mass is 9.85. The Morgan fingerprint density at radius 3 is 1.86 bits per heavy atom. The van der Waals surface area contributed by atoms with Crippen LogP contribution in [-0.4, -0.2) is 23.7 Å². The van der Waals surface area contributed by atoms with E-state index in [0.717, 1.165) is 11.6 Å². The quantitative estimate of drug-likeness (QED) is 0.508. The van der Waals surface area contributed by atoms with E-state index in [2.05, 4.69) is 0 Å². The number of benzene rings is 2. The standard InChI is InChI=1S/C20H18F6O2/c1-11(2)17-9-13(10-27)4-6-16(17)15-7-5-14(8-12(15)3)18(28,19(21,22)23)20(24,25)26/h4-11,28H,1-3H3. The van der Waals surface area contributed by atoms with Crippen LogP contribution in [0, 0.1) is 6.92 Å². The summed E-state index contributed by atoms with van der Waals surface area (Å²) in [5, 5.41) is 9.56. The summed E-state index contributed by atoms with van der Waals surface area (Å²) >= 11 is 0. The second-order valence-corrected chi connectivity index (χ2v) is 6.85. The molecule has 0 spiro atoms. The van der Waals surface area contributed by atoms with E-state index >= 15 is 0 Å². The molecule has 2 nitrogen and oxygen atoms in total. The van der Waals surface area contributed by atoms with Gasteiger partial charge in [-0.1, -0.05) is 44.2 Å². The summed E-state index contributed by atoms with van der Waals surface area (Å²) in [7, 11) is 0. The molecule has 8 heteroatoms. The first-order valence-electron chi connectivity index (χ1n) is 8.30. The van der Waals surface area contributed by atoms with Crippen LogP contribution in [0.3, 0.4) is 0 Å². The maximum absolute atomic E-state index is 13.1. The zero-order chi connectivity index (χ0) is 21.5. The molecule has 2 rings (SSSR count). The van der Waals surface area contributed by atoms with Crippen LogP contribution in [0.15, 0.2) is 36.4 Å². The minimum Gasteiger partial charge on any atom is -0.369 e. The van der Waals surface area contributed by atoms with Gasteiger partial charge >= 0.3 is 12.4 Å². The number of carbonyl (C=O) groups is 1. The number of hydrogen-bond acceptors (Lipinski definition) is 2. The number of aryl methyl sites for hydroxylation is 1.